The van der Waals surface area contributed by atoms with Crippen LogP contribution in [-0.2, 0) is 22.7 Å². The Balaban J connectivity index is 1.29. The van der Waals surface area contributed by atoms with Crippen molar-refractivity contribution < 1.29 is 9.59 Å². The summed E-state index contributed by atoms with van der Waals surface area (Å²) in [6.07, 6.45) is 5.38. The number of carbonyl (C=O) groups excluding carboxylic acids is 2. The number of rotatable bonds is 5. The quantitative estimate of drug-likeness (QED) is 0.844. The molecule has 3 fully saturated rings. The highest BCUT2D eigenvalue weighted by Gasteiger charge is 2.52. The van der Waals surface area contributed by atoms with Crippen molar-refractivity contribution in [1.29, 1.82) is 0 Å². The molecular weight excluding hydrogens is 358 g/mol. The molecule has 2 unspecified atom stereocenters. The van der Waals surface area contributed by atoms with Crippen LogP contribution in [0.25, 0.3) is 0 Å². The molecule has 0 aliphatic carbocycles. The fourth-order valence-corrected chi connectivity index (χ4v) is 5.89. The maximum atomic E-state index is 12.7. The molecule has 5 nitrogen and oxygen atoms in total. The Labute approximate surface area is 165 Å². The summed E-state index contributed by atoms with van der Waals surface area (Å²) in [7, 11) is 0. The number of amides is 2. The topological polar surface area (TPSA) is 52.7 Å². The lowest BCUT2D eigenvalue weighted by atomic mass is 10.1. The molecule has 2 atom stereocenters. The zero-order valence-corrected chi connectivity index (χ0v) is 16.9. The summed E-state index contributed by atoms with van der Waals surface area (Å²) >= 11 is 1.74. The minimum atomic E-state index is -0.326. The minimum Gasteiger partial charge on any atom is -0.350 e. The molecule has 6 heteroatoms. The first kappa shape index (κ1) is 18.8. The SMILES string of the molecule is CC12CCC(=O)N1C(C(=O)NCc1ccc(CN3CCCCC3)cc1)CS2. The Bertz CT molecular complexity index is 702. The molecule has 0 spiro atoms. The molecule has 1 aromatic rings. The summed E-state index contributed by atoms with van der Waals surface area (Å²) in [5.74, 6) is 0.784. The molecule has 1 N–H and O–H groups in total. The van der Waals surface area contributed by atoms with Gasteiger partial charge in [0, 0.05) is 25.3 Å². The van der Waals surface area contributed by atoms with Crippen molar-refractivity contribution in [3.8, 4) is 0 Å². The standard InChI is InChI=1S/C21H29N3O2S/c1-21-10-9-19(25)24(21)18(15-27-21)20(26)22-13-16-5-7-17(8-6-16)14-23-11-3-2-4-12-23/h5-8,18H,2-4,9-15H2,1H3,(H,22,26). The first-order valence-corrected chi connectivity index (χ1v) is 11.1. The van der Waals surface area contributed by atoms with E-state index in [0.29, 0.717) is 18.7 Å². The Hall–Kier alpha value is -1.53. The van der Waals surface area contributed by atoms with Crippen molar-refractivity contribution in [2.45, 2.75) is 63.0 Å². The molecule has 0 radical (unpaired) electrons. The van der Waals surface area contributed by atoms with Gasteiger partial charge >= 0.3 is 0 Å². The average molecular weight is 388 g/mol. The van der Waals surface area contributed by atoms with Gasteiger partial charge in [0.2, 0.25) is 11.8 Å². The van der Waals surface area contributed by atoms with Gasteiger partial charge in [0.15, 0.2) is 0 Å². The smallest absolute Gasteiger partial charge is 0.243 e. The summed E-state index contributed by atoms with van der Waals surface area (Å²) in [5.41, 5.74) is 2.43. The first-order valence-electron chi connectivity index (χ1n) is 10.1. The van der Waals surface area contributed by atoms with Gasteiger partial charge in [-0.2, -0.15) is 0 Å². The molecule has 27 heavy (non-hydrogen) atoms. The maximum Gasteiger partial charge on any atom is 0.243 e. The molecule has 0 aromatic heterocycles. The summed E-state index contributed by atoms with van der Waals surface area (Å²) < 4.78 is 0. The number of likely N-dealkylation sites (tertiary alicyclic amines) is 1. The van der Waals surface area contributed by atoms with Gasteiger partial charge in [0.1, 0.15) is 6.04 Å². The predicted molar refractivity (Wildman–Crippen MR) is 108 cm³/mol. The van der Waals surface area contributed by atoms with Gasteiger partial charge < -0.3 is 10.2 Å². The molecular formula is C21H29N3O2S. The van der Waals surface area contributed by atoms with Crippen LogP contribution in [-0.4, -0.2) is 51.4 Å². The van der Waals surface area contributed by atoms with E-state index in [4.69, 9.17) is 0 Å². The van der Waals surface area contributed by atoms with E-state index in [1.54, 1.807) is 11.8 Å². The third kappa shape index (κ3) is 4.02. The molecule has 2 amide bonds. The summed E-state index contributed by atoms with van der Waals surface area (Å²) in [6, 6.07) is 8.22. The zero-order valence-electron chi connectivity index (χ0n) is 16.1. The second-order valence-corrected chi connectivity index (χ2v) is 9.64. The third-order valence-electron chi connectivity index (χ3n) is 6.09. The molecule has 3 aliphatic heterocycles. The molecule has 4 rings (SSSR count). The Kier molecular flexibility index (Phi) is 5.46. The Morgan fingerprint density at radius 3 is 2.63 bits per heavy atom. The molecule has 3 heterocycles. The van der Waals surface area contributed by atoms with Crippen molar-refractivity contribution in [1.82, 2.24) is 15.1 Å². The average Bonchev–Trinajstić information content (AvgIpc) is 3.18. The highest BCUT2D eigenvalue weighted by Crippen LogP contribution is 2.47. The first-order chi connectivity index (χ1) is 13.0. The second kappa shape index (κ2) is 7.84. The Morgan fingerprint density at radius 2 is 1.89 bits per heavy atom. The van der Waals surface area contributed by atoms with E-state index in [2.05, 4.69) is 41.4 Å². The monoisotopic (exact) mass is 387 g/mol. The number of thioether (sulfide) groups is 1. The fourth-order valence-electron chi connectivity index (χ4n) is 4.46. The van der Waals surface area contributed by atoms with Crippen LogP contribution in [0, 0.1) is 0 Å². The molecule has 3 aliphatic rings. The molecule has 1 aromatic carbocycles. The summed E-state index contributed by atoms with van der Waals surface area (Å²) in [5, 5.41) is 3.04. The lowest BCUT2D eigenvalue weighted by molar-refractivity contribution is -0.138. The normalized spacial score (nSPS) is 28.4. The van der Waals surface area contributed by atoms with Crippen LogP contribution in [0.2, 0.25) is 0 Å². The number of carbonyl (C=O) groups is 2. The number of piperidine rings is 1. The van der Waals surface area contributed by atoms with E-state index >= 15 is 0 Å². The minimum absolute atomic E-state index is 0.0288. The highest BCUT2D eigenvalue weighted by atomic mass is 32.2. The van der Waals surface area contributed by atoms with Crippen LogP contribution in [0.15, 0.2) is 24.3 Å². The van der Waals surface area contributed by atoms with Crippen molar-refractivity contribution in [2.75, 3.05) is 18.8 Å². The predicted octanol–water partition coefficient (Wildman–Crippen LogP) is 2.74. The summed E-state index contributed by atoms with van der Waals surface area (Å²) in [6.45, 7) is 6.01. The van der Waals surface area contributed by atoms with E-state index in [-0.39, 0.29) is 22.7 Å². The van der Waals surface area contributed by atoms with E-state index in [1.807, 2.05) is 4.90 Å². The van der Waals surface area contributed by atoms with Gasteiger partial charge in [-0.1, -0.05) is 30.7 Å². The Morgan fingerprint density at radius 1 is 1.19 bits per heavy atom. The van der Waals surface area contributed by atoms with Gasteiger partial charge in [0.25, 0.3) is 0 Å². The zero-order chi connectivity index (χ0) is 18.9. The lowest BCUT2D eigenvalue weighted by Crippen LogP contribution is -2.49. The van der Waals surface area contributed by atoms with Gasteiger partial charge in [-0.05, 0) is 50.4 Å². The number of nitrogens with one attached hydrogen (secondary N) is 1. The van der Waals surface area contributed by atoms with Crippen molar-refractivity contribution in [3.05, 3.63) is 35.4 Å². The van der Waals surface area contributed by atoms with Gasteiger partial charge in [0.05, 0.1) is 4.87 Å². The van der Waals surface area contributed by atoms with Gasteiger partial charge in [-0.15, -0.1) is 11.8 Å². The van der Waals surface area contributed by atoms with E-state index in [0.717, 1.165) is 18.5 Å². The molecule has 0 saturated carbocycles. The van der Waals surface area contributed by atoms with Crippen LogP contribution in [0.5, 0.6) is 0 Å². The second-order valence-electron chi connectivity index (χ2n) is 8.14. The van der Waals surface area contributed by atoms with Crippen molar-refractivity contribution >= 4 is 23.6 Å². The highest BCUT2D eigenvalue weighted by molar-refractivity contribution is 8.01. The molecule has 146 valence electrons. The van der Waals surface area contributed by atoms with E-state index in [9.17, 15) is 9.59 Å². The fraction of sp³-hybridized carbons (Fsp3) is 0.619. The van der Waals surface area contributed by atoms with E-state index < -0.39 is 0 Å². The number of hydrogen-bond acceptors (Lipinski definition) is 4. The van der Waals surface area contributed by atoms with E-state index in [1.165, 1.54) is 37.9 Å². The van der Waals surface area contributed by atoms with Crippen LogP contribution >= 0.6 is 11.8 Å². The maximum absolute atomic E-state index is 12.7. The van der Waals surface area contributed by atoms with Crippen LogP contribution in [0.4, 0.5) is 0 Å². The van der Waals surface area contributed by atoms with Gasteiger partial charge in [-0.25, -0.2) is 0 Å². The number of benzene rings is 1. The summed E-state index contributed by atoms with van der Waals surface area (Å²) in [4.78, 5) is 29.0. The van der Waals surface area contributed by atoms with Crippen LogP contribution < -0.4 is 5.32 Å². The van der Waals surface area contributed by atoms with Crippen molar-refractivity contribution in [2.24, 2.45) is 0 Å². The number of fused-ring (bicyclic) bond motifs is 1. The lowest BCUT2D eigenvalue weighted by Gasteiger charge is -2.29. The number of nitrogens with zero attached hydrogens (tertiary/aromatic N) is 2. The third-order valence-corrected chi connectivity index (χ3v) is 7.60. The number of hydrogen-bond donors (Lipinski definition) is 1. The van der Waals surface area contributed by atoms with Crippen LogP contribution in [0.1, 0.15) is 50.2 Å². The van der Waals surface area contributed by atoms with Crippen molar-refractivity contribution in [3.63, 3.8) is 0 Å². The molecule has 3 saturated heterocycles. The molecule has 0 bridgehead atoms. The van der Waals surface area contributed by atoms with Crippen LogP contribution in [0.3, 0.4) is 0 Å². The van der Waals surface area contributed by atoms with Gasteiger partial charge in [-0.3, -0.25) is 14.5 Å². The largest absolute Gasteiger partial charge is 0.350 e.